The molecule has 0 radical (unpaired) electrons. The number of hydrogen-bond donors (Lipinski definition) is 2. The first-order valence-corrected chi connectivity index (χ1v) is 9.08. The quantitative estimate of drug-likeness (QED) is 0.604. The van der Waals surface area contributed by atoms with Crippen LogP contribution in [0.15, 0.2) is 73.3 Å². The summed E-state index contributed by atoms with van der Waals surface area (Å²) in [6.07, 6.45) is 1.19. The van der Waals surface area contributed by atoms with Crippen LogP contribution in [0.4, 0.5) is 0 Å². The van der Waals surface area contributed by atoms with Gasteiger partial charge in [0, 0.05) is 17.4 Å². The van der Waals surface area contributed by atoms with Gasteiger partial charge in [0.2, 0.25) is 7.37 Å². The topological polar surface area (TPSA) is 74.6 Å². The van der Waals surface area contributed by atoms with Crippen molar-refractivity contribution in [1.82, 2.24) is 0 Å². The molecule has 3 atom stereocenters. The molecule has 4 nitrogen and oxygen atoms in total. The lowest BCUT2D eigenvalue weighted by Gasteiger charge is -2.24. The highest BCUT2D eigenvalue weighted by Gasteiger charge is 2.35. The second-order valence-electron chi connectivity index (χ2n) is 5.34. The molecule has 0 heterocycles. The number of rotatable bonds is 7. The summed E-state index contributed by atoms with van der Waals surface area (Å²) in [4.78, 5) is 22.1. The highest BCUT2D eigenvalue weighted by atomic mass is 31.2. The lowest BCUT2D eigenvalue weighted by Crippen LogP contribution is -2.26. The number of allylic oxidation sites excluding steroid dienone is 1. The average Bonchev–Trinajstić information content (AvgIpc) is 2.56. The molecule has 0 aromatic heterocycles. The molecular formula is C18H19O4P. The Kier molecular flexibility index (Phi) is 5.54. The molecule has 0 fully saturated rings. The smallest absolute Gasteiger partial charge is 0.308 e. The van der Waals surface area contributed by atoms with E-state index in [0.29, 0.717) is 0 Å². The molecule has 2 rings (SSSR count). The van der Waals surface area contributed by atoms with Crippen molar-refractivity contribution in [3.63, 3.8) is 0 Å². The lowest BCUT2D eigenvalue weighted by atomic mass is 9.87. The first-order chi connectivity index (χ1) is 11.0. The molecular weight excluding hydrogens is 311 g/mol. The average molecular weight is 330 g/mol. The van der Waals surface area contributed by atoms with Gasteiger partial charge in [-0.15, -0.1) is 6.58 Å². The van der Waals surface area contributed by atoms with E-state index in [-0.39, 0.29) is 11.5 Å². The second kappa shape index (κ2) is 7.40. The Labute approximate surface area is 135 Å². The lowest BCUT2D eigenvalue weighted by molar-refractivity contribution is -0.141. The first-order valence-electron chi connectivity index (χ1n) is 7.23. The van der Waals surface area contributed by atoms with Gasteiger partial charge in [-0.25, -0.2) is 0 Å². The molecule has 0 bridgehead atoms. The van der Waals surface area contributed by atoms with Gasteiger partial charge in [-0.1, -0.05) is 54.6 Å². The maximum absolute atomic E-state index is 12.6. The highest BCUT2D eigenvalue weighted by molar-refractivity contribution is 7.66. The number of carboxylic acid groups (broad SMARTS) is 1. The van der Waals surface area contributed by atoms with E-state index in [9.17, 15) is 19.4 Å². The third-order valence-electron chi connectivity index (χ3n) is 3.79. The van der Waals surface area contributed by atoms with Gasteiger partial charge in [-0.05, 0) is 17.7 Å². The van der Waals surface area contributed by atoms with Crippen LogP contribution in [0.2, 0.25) is 0 Å². The molecule has 2 aromatic carbocycles. The predicted molar refractivity (Wildman–Crippen MR) is 91.3 cm³/mol. The van der Waals surface area contributed by atoms with Gasteiger partial charge < -0.3 is 10.00 Å². The van der Waals surface area contributed by atoms with E-state index in [0.717, 1.165) is 5.56 Å². The Morgan fingerprint density at radius 1 is 1.09 bits per heavy atom. The van der Waals surface area contributed by atoms with Crippen molar-refractivity contribution in [2.75, 3.05) is 6.16 Å². The van der Waals surface area contributed by atoms with Crippen LogP contribution in [-0.2, 0) is 9.36 Å². The van der Waals surface area contributed by atoms with Crippen LogP contribution >= 0.6 is 7.37 Å². The standard InChI is InChI=1S/C18H19O4P/c1-2-16(14-9-5-3-6-10-14)17(18(19)20)13-23(21,22)15-11-7-4-8-12-15/h2-12,16-17H,1,13H2,(H,19,20)(H,21,22). The van der Waals surface area contributed by atoms with Crippen molar-refractivity contribution in [3.8, 4) is 0 Å². The van der Waals surface area contributed by atoms with Crippen molar-refractivity contribution >= 4 is 18.6 Å². The minimum absolute atomic E-state index is 0.266. The van der Waals surface area contributed by atoms with Crippen LogP contribution in [0.25, 0.3) is 0 Å². The number of aliphatic carboxylic acids is 1. The van der Waals surface area contributed by atoms with E-state index in [1.165, 1.54) is 6.08 Å². The van der Waals surface area contributed by atoms with E-state index in [4.69, 9.17) is 0 Å². The summed E-state index contributed by atoms with van der Waals surface area (Å²) in [5, 5.41) is 9.83. The molecule has 0 saturated carbocycles. The number of carboxylic acids is 1. The van der Waals surface area contributed by atoms with E-state index in [2.05, 4.69) is 6.58 Å². The molecule has 0 aliphatic carbocycles. The fourth-order valence-corrected chi connectivity index (χ4v) is 4.35. The largest absolute Gasteiger partial charge is 0.481 e. The second-order valence-corrected chi connectivity index (χ2v) is 7.62. The Balaban J connectivity index is 2.33. The molecule has 2 N–H and O–H groups in total. The van der Waals surface area contributed by atoms with Gasteiger partial charge in [0.05, 0.1) is 5.92 Å². The predicted octanol–water partition coefficient (Wildman–Crippen LogP) is 3.25. The summed E-state index contributed by atoms with van der Waals surface area (Å²) in [6.45, 7) is 3.71. The molecule has 0 amide bonds. The Morgan fingerprint density at radius 3 is 2.09 bits per heavy atom. The van der Waals surface area contributed by atoms with Gasteiger partial charge in [0.15, 0.2) is 0 Å². The molecule has 0 aliphatic heterocycles. The van der Waals surface area contributed by atoms with Crippen molar-refractivity contribution in [2.24, 2.45) is 5.92 Å². The monoisotopic (exact) mass is 330 g/mol. The van der Waals surface area contributed by atoms with Crippen LogP contribution in [0, 0.1) is 5.92 Å². The van der Waals surface area contributed by atoms with E-state index >= 15 is 0 Å². The van der Waals surface area contributed by atoms with Crippen LogP contribution in [-0.4, -0.2) is 22.1 Å². The van der Waals surface area contributed by atoms with Gasteiger partial charge in [0.25, 0.3) is 0 Å². The summed E-state index contributed by atoms with van der Waals surface area (Å²) >= 11 is 0. The maximum Gasteiger partial charge on any atom is 0.308 e. The zero-order valence-corrected chi connectivity index (χ0v) is 13.5. The molecule has 0 saturated heterocycles. The number of benzene rings is 2. The fraction of sp³-hybridized carbons (Fsp3) is 0.167. The van der Waals surface area contributed by atoms with Crippen molar-refractivity contribution in [2.45, 2.75) is 5.92 Å². The molecule has 0 aliphatic rings. The van der Waals surface area contributed by atoms with Gasteiger partial charge in [0.1, 0.15) is 0 Å². The van der Waals surface area contributed by atoms with Crippen molar-refractivity contribution in [3.05, 3.63) is 78.9 Å². The minimum atomic E-state index is -3.77. The zero-order valence-electron chi connectivity index (χ0n) is 12.6. The van der Waals surface area contributed by atoms with Crippen LogP contribution in [0.5, 0.6) is 0 Å². The Morgan fingerprint density at radius 2 is 1.61 bits per heavy atom. The third-order valence-corrected chi connectivity index (χ3v) is 5.79. The van der Waals surface area contributed by atoms with Gasteiger partial charge in [-0.2, -0.15) is 0 Å². The van der Waals surface area contributed by atoms with Gasteiger partial charge >= 0.3 is 5.97 Å². The molecule has 5 heteroatoms. The summed E-state index contributed by atoms with van der Waals surface area (Å²) in [6, 6.07) is 17.2. The molecule has 23 heavy (non-hydrogen) atoms. The van der Waals surface area contributed by atoms with Crippen molar-refractivity contribution in [1.29, 1.82) is 0 Å². The van der Waals surface area contributed by atoms with E-state index < -0.39 is 25.2 Å². The number of hydrogen-bond acceptors (Lipinski definition) is 2. The zero-order chi connectivity index (χ0) is 16.9. The van der Waals surface area contributed by atoms with E-state index in [1.807, 2.05) is 6.07 Å². The Bertz CT molecular complexity index is 712. The van der Waals surface area contributed by atoms with Crippen LogP contribution in [0.3, 0.4) is 0 Å². The Hall–Kier alpha value is -2.16. The van der Waals surface area contributed by atoms with Gasteiger partial charge in [-0.3, -0.25) is 9.36 Å². The number of carbonyl (C=O) groups is 1. The summed E-state index contributed by atoms with van der Waals surface area (Å²) in [7, 11) is -3.77. The van der Waals surface area contributed by atoms with Crippen LogP contribution in [0.1, 0.15) is 11.5 Å². The fourth-order valence-electron chi connectivity index (χ4n) is 2.59. The van der Waals surface area contributed by atoms with Crippen LogP contribution < -0.4 is 5.30 Å². The van der Waals surface area contributed by atoms with E-state index in [1.54, 1.807) is 54.6 Å². The minimum Gasteiger partial charge on any atom is -0.481 e. The third kappa shape index (κ3) is 4.19. The summed E-state index contributed by atoms with van der Waals surface area (Å²) in [5.41, 5.74) is 0.767. The molecule has 2 aromatic rings. The maximum atomic E-state index is 12.6. The molecule has 0 spiro atoms. The molecule has 120 valence electrons. The molecule has 3 unspecified atom stereocenters. The first kappa shape index (κ1) is 17.2. The highest BCUT2D eigenvalue weighted by Crippen LogP contribution is 2.44. The van der Waals surface area contributed by atoms with Crippen molar-refractivity contribution < 1.29 is 19.4 Å². The summed E-state index contributed by atoms with van der Waals surface area (Å²) < 4.78 is 12.6. The summed E-state index contributed by atoms with van der Waals surface area (Å²) in [5.74, 6) is -2.66. The normalized spacial score (nSPS) is 16.0. The SMILES string of the molecule is C=CC(c1ccccc1)C(CP(=O)(O)c1ccccc1)C(=O)O.